The molecule has 0 saturated carbocycles. The van der Waals surface area contributed by atoms with Crippen LogP contribution in [0.4, 0.5) is 0 Å². The molecule has 17 heavy (non-hydrogen) atoms. The van der Waals surface area contributed by atoms with Gasteiger partial charge in [-0.05, 0) is 6.92 Å². The maximum absolute atomic E-state index is 11.9. The quantitative estimate of drug-likeness (QED) is 0.849. The molecule has 1 atom stereocenters. The topological polar surface area (TPSA) is 62.3 Å². The fourth-order valence-corrected chi connectivity index (χ4v) is 2.42. The Morgan fingerprint density at radius 1 is 1.59 bits per heavy atom. The first kappa shape index (κ1) is 12.0. The van der Waals surface area contributed by atoms with E-state index >= 15 is 0 Å². The van der Waals surface area contributed by atoms with Gasteiger partial charge >= 0.3 is 0 Å². The van der Waals surface area contributed by atoms with E-state index in [1.54, 1.807) is 28.7 Å². The number of rotatable bonds is 3. The number of nitrogens with zero attached hydrogens (tertiary/aromatic N) is 2. The molecule has 2 amide bonds. The number of amides is 2. The summed E-state index contributed by atoms with van der Waals surface area (Å²) in [4.78, 5) is 29.2. The summed E-state index contributed by atoms with van der Waals surface area (Å²) in [6.45, 7) is 2.85. The van der Waals surface area contributed by atoms with Crippen LogP contribution in [0.2, 0.25) is 0 Å². The van der Waals surface area contributed by atoms with E-state index in [-0.39, 0.29) is 11.8 Å². The maximum Gasteiger partial charge on any atom is 0.244 e. The molecule has 1 unspecified atom stereocenters. The van der Waals surface area contributed by atoms with Crippen LogP contribution >= 0.6 is 11.3 Å². The van der Waals surface area contributed by atoms with E-state index in [0.717, 1.165) is 12.1 Å². The van der Waals surface area contributed by atoms with Crippen molar-refractivity contribution in [2.75, 3.05) is 13.1 Å². The van der Waals surface area contributed by atoms with Gasteiger partial charge in [0, 0.05) is 31.3 Å². The number of aromatic nitrogens is 1. The van der Waals surface area contributed by atoms with Gasteiger partial charge in [0.1, 0.15) is 6.04 Å². The standard InChI is InChI=1S/C11H15N3O2S/c1-8-11(16)14(5-3-10(15)13-8)4-2-9-6-17-7-12-9/h6-8H,2-5H2,1H3,(H,13,15). The third-order valence-electron chi connectivity index (χ3n) is 2.79. The summed E-state index contributed by atoms with van der Waals surface area (Å²) in [5, 5.41) is 4.65. The van der Waals surface area contributed by atoms with Crippen molar-refractivity contribution in [2.24, 2.45) is 0 Å². The monoisotopic (exact) mass is 253 g/mol. The fraction of sp³-hybridized carbons (Fsp3) is 0.545. The molecule has 1 aromatic heterocycles. The molecule has 5 nitrogen and oxygen atoms in total. The number of hydrogen-bond acceptors (Lipinski definition) is 4. The van der Waals surface area contributed by atoms with Crippen LogP contribution in [0.15, 0.2) is 10.9 Å². The van der Waals surface area contributed by atoms with Crippen molar-refractivity contribution in [3.8, 4) is 0 Å². The average molecular weight is 253 g/mol. The molecule has 0 spiro atoms. The molecule has 0 aliphatic carbocycles. The van der Waals surface area contributed by atoms with Gasteiger partial charge in [0.2, 0.25) is 11.8 Å². The average Bonchev–Trinajstić information content (AvgIpc) is 2.77. The molecule has 6 heteroatoms. The molecule has 2 rings (SSSR count). The van der Waals surface area contributed by atoms with Crippen LogP contribution in [0.1, 0.15) is 19.0 Å². The van der Waals surface area contributed by atoms with Crippen LogP contribution in [0.25, 0.3) is 0 Å². The molecule has 92 valence electrons. The predicted molar refractivity (Wildman–Crippen MR) is 64.6 cm³/mol. The van der Waals surface area contributed by atoms with Gasteiger partial charge in [-0.15, -0.1) is 11.3 Å². The van der Waals surface area contributed by atoms with E-state index in [1.165, 1.54) is 0 Å². The minimum Gasteiger partial charge on any atom is -0.345 e. The zero-order chi connectivity index (χ0) is 12.3. The Morgan fingerprint density at radius 2 is 2.41 bits per heavy atom. The molecule has 2 heterocycles. The number of carbonyl (C=O) groups is 2. The Labute approximate surface area is 104 Å². The Balaban J connectivity index is 1.94. The van der Waals surface area contributed by atoms with Gasteiger partial charge in [-0.25, -0.2) is 4.98 Å². The van der Waals surface area contributed by atoms with Gasteiger partial charge in [0.15, 0.2) is 0 Å². The minimum atomic E-state index is -0.416. The fourth-order valence-electron chi connectivity index (χ4n) is 1.83. The second kappa shape index (κ2) is 5.27. The second-order valence-electron chi connectivity index (χ2n) is 4.09. The van der Waals surface area contributed by atoms with Gasteiger partial charge in [-0.2, -0.15) is 0 Å². The van der Waals surface area contributed by atoms with Gasteiger partial charge in [0.05, 0.1) is 11.2 Å². The maximum atomic E-state index is 11.9. The molecule has 0 bridgehead atoms. The van der Waals surface area contributed by atoms with Gasteiger partial charge < -0.3 is 10.2 Å². The van der Waals surface area contributed by atoms with E-state index < -0.39 is 6.04 Å². The lowest BCUT2D eigenvalue weighted by atomic mass is 10.2. The van der Waals surface area contributed by atoms with E-state index in [4.69, 9.17) is 0 Å². The minimum absolute atomic E-state index is 0.00826. The number of carbonyl (C=O) groups excluding carboxylic acids is 2. The van der Waals surface area contributed by atoms with Crippen molar-refractivity contribution in [2.45, 2.75) is 25.8 Å². The molecule has 0 aromatic carbocycles. The van der Waals surface area contributed by atoms with Gasteiger partial charge in [-0.1, -0.05) is 0 Å². The molecule has 0 radical (unpaired) electrons. The highest BCUT2D eigenvalue weighted by Crippen LogP contribution is 2.07. The summed E-state index contributed by atoms with van der Waals surface area (Å²) >= 11 is 1.55. The summed E-state index contributed by atoms with van der Waals surface area (Å²) in [6, 6.07) is -0.416. The second-order valence-corrected chi connectivity index (χ2v) is 4.81. The van der Waals surface area contributed by atoms with Crippen molar-refractivity contribution in [3.63, 3.8) is 0 Å². The van der Waals surface area contributed by atoms with Crippen molar-refractivity contribution in [3.05, 3.63) is 16.6 Å². The third kappa shape index (κ3) is 3.03. The van der Waals surface area contributed by atoms with E-state index in [2.05, 4.69) is 10.3 Å². The first-order valence-electron chi connectivity index (χ1n) is 5.62. The number of thiazole rings is 1. The molecular weight excluding hydrogens is 238 g/mol. The Kier molecular flexibility index (Phi) is 3.73. The zero-order valence-electron chi connectivity index (χ0n) is 9.68. The smallest absolute Gasteiger partial charge is 0.244 e. The molecule has 1 aliphatic heterocycles. The van der Waals surface area contributed by atoms with Crippen LogP contribution in [0.3, 0.4) is 0 Å². The van der Waals surface area contributed by atoms with Crippen molar-refractivity contribution in [1.82, 2.24) is 15.2 Å². The van der Waals surface area contributed by atoms with Crippen LogP contribution in [0.5, 0.6) is 0 Å². The molecule has 1 N–H and O–H groups in total. The first-order chi connectivity index (χ1) is 8.16. The van der Waals surface area contributed by atoms with Crippen LogP contribution in [-0.2, 0) is 16.0 Å². The number of hydrogen-bond donors (Lipinski definition) is 1. The lowest BCUT2D eigenvalue weighted by molar-refractivity contribution is -0.133. The summed E-state index contributed by atoms with van der Waals surface area (Å²) in [7, 11) is 0. The van der Waals surface area contributed by atoms with Crippen molar-refractivity contribution in [1.29, 1.82) is 0 Å². The molecule has 1 aliphatic rings. The lowest BCUT2D eigenvalue weighted by Crippen LogP contribution is -2.43. The molecule has 1 aromatic rings. The highest BCUT2D eigenvalue weighted by atomic mass is 32.1. The molecule has 1 saturated heterocycles. The van der Waals surface area contributed by atoms with Gasteiger partial charge in [0.25, 0.3) is 0 Å². The van der Waals surface area contributed by atoms with E-state index in [0.29, 0.717) is 19.5 Å². The van der Waals surface area contributed by atoms with E-state index in [1.807, 2.05) is 5.38 Å². The van der Waals surface area contributed by atoms with Crippen LogP contribution < -0.4 is 5.32 Å². The van der Waals surface area contributed by atoms with Crippen molar-refractivity contribution >= 4 is 23.2 Å². The van der Waals surface area contributed by atoms with Crippen LogP contribution in [0, 0.1) is 0 Å². The first-order valence-corrected chi connectivity index (χ1v) is 6.56. The summed E-state index contributed by atoms with van der Waals surface area (Å²) in [6.07, 6.45) is 1.13. The third-order valence-corrected chi connectivity index (χ3v) is 3.42. The Morgan fingerprint density at radius 3 is 3.12 bits per heavy atom. The number of nitrogens with one attached hydrogen (secondary N) is 1. The lowest BCUT2D eigenvalue weighted by Gasteiger charge is -2.21. The highest BCUT2D eigenvalue weighted by molar-refractivity contribution is 7.07. The normalized spacial score (nSPS) is 21.2. The summed E-state index contributed by atoms with van der Waals surface area (Å²) in [5.74, 6) is -0.0620. The zero-order valence-corrected chi connectivity index (χ0v) is 10.5. The summed E-state index contributed by atoms with van der Waals surface area (Å²) in [5.41, 5.74) is 2.78. The molecule has 1 fully saturated rings. The highest BCUT2D eigenvalue weighted by Gasteiger charge is 2.25. The largest absolute Gasteiger partial charge is 0.345 e. The van der Waals surface area contributed by atoms with Crippen LogP contribution in [-0.4, -0.2) is 40.8 Å². The molecular formula is C11H15N3O2S. The Bertz CT molecular complexity index is 405. The van der Waals surface area contributed by atoms with E-state index in [9.17, 15) is 9.59 Å². The van der Waals surface area contributed by atoms with Gasteiger partial charge in [-0.3, -0.25) is 9.59 Å². The Hall–Kier alpha value is -1.43. The van der Waals surface area contributed by atoms with Crippen molar-refractivity contribution < 1.29 is 9.59 Å². The SMILES string of the molecule is CC1NC(=O)CCN(CCc2cscn2)C1=O. The summed E-state index contributed by atoms with van der Waals surface area (Å²) < 4.78 is 0. The predicted octanol–water partition coefficient (Wildman–Crippen LogP) is 0.423.